The molecule has 0 radical (unpaired) electrons. The van der Waals surface area contributed by atoms with Crippen molar-refractivity contribution in [2.45, 2.75) is 48.0 Å². The number of rotatable bonds is 9. The number of aromatic nitrogens is 8. The normalized spacial score (nSPS) is 10.9. The molecule has 18 heteroatoms. The van der Waals surface area contributed by atoms with Crippen molar-refractivity contribution < 1.29 is 19.6 Å². The van der Waals surface area contributed by atoms with Crippen LogP contribution in [0.15, 0.2) is 141 Å². The monoisotopic (exact) mass is 928 g/mol. The molecular formula is C51H52N12O6. The molecule has 0 spiro atoms. The van der Waals surface area contributed by atoms with Gasteiger partial charge in [-0.2, -0.15) is 4.98 Å². The zero-order valence-corrected chi connectivity index (χ0v) is 38.1. The van der Waals surface area contributed by atoms with Gasteiger partial charge in [-0.25, -0.2) is 20.3 Å². The number of anilines is 2. The molecule has 7 heterocycles. The molecule has 0 aliphatic heterocycles. The molecule has 6 N–H and O–H groups in total. The van der Waals surface area contributed by atoms with Gasteiger partial charge >= 0.3 is 5.97 Å². The number of aliphatic imine (C=N–C) groups is 1. The first-order chi connectivity index (χ1) is 32.8. The number of carboxylic acids is 1. The summed E-state index contributed by atoms with van der Waals surface area (Å²) in [5.74, 6) is -0.473. The number of hydrogen-bond donors (Lipinski definition) is 5. The Kier molecular flexibility index (Phi) is 15.8. The molecule has 0 amide bonds. The van der Waals surface area contributed by atoms with Gasteiger partial charge in [-0.15, -0.1) is 0 Å². The van der Waals surface area contributed by atoms with Gasteiger partial charge in [-0.05, 0) is 127 Å². The highest BCUT2D eigenvalue weighted by molar-refractivity contribution is 5.87. The fourth-order valence-electron chi connectivity index (χ4n) is 7.19. The van der Waals surface area contributed by atoms with Crippen LogP contribution in [0.1, 0.15) is 54.3 Å². The topological polar surface area (TPSA) is 254 Å². The van der Waals surface area contributed by atoms with Crippen LogP contribution in [-0.2, 0) is 26.9 Å². The van der Waals surface area contributed by atoms with E-state index in [-0.39, 0.29) is 30.2 Å². The van der Waals surface area contributed by atoms with Crippen LogP contribution in [0.25, 0.3) is 55.6 Å². The number of benzene rings is 2. The zero-order valence-electron chi connectivity index (χ0n) is 38.1. The molecule has 0 aliphatic carbocycles. The summed E-state index contributed by atoms with van der Waals surface area (Å²) in [6.07, 6.45) is 8.36. The summed E-state index contributed by atoms with van der Waals surface area (Å²) in [4.78, 5) is 61.5. The predicted molar refractivity (Wildman–Crippen MR) is 268 cm³/mol. The fraction of sp³-hybridized carbons (Fsp3) is 0.176. The number of pyridine rings is 6. The maximum atomic E-state index is 13.2. The van der Waals surface area contributed by atoms with E-state index in [0.717, 1.165) is 74.0 Å². The van der Waals surface area contributed by atoms with Gasteiger partial charge in [0.15, 0.2) is 0 Å². The molecule has 69 heavy (non-hydrogen) atoms. The summed E-state index contributed by atoms with van der Waals surface area (Å²) >= 11 is 0. The van der Waals surface area contributed by atoms with E-state index >= 15 is 0 Å². The first-order valence-electron chi connectivity index (χ1n) is 21.4. The van der Waals surface area contributed by atoms with Gasteiger partial charge in [0.1, 0.15) is 11.4 Å². The molecule has 7 aromatic heterocycles. The van der Waals surface area contributed by atoms with E-state index in [1.54, 1.807) is 71.4 Å². The minimum absolute atomic E-state index is 0. The molecule has 9 aromatic rings. The van der Waals surface area contributed by atoms with Crippen LogP contribution in [-0.4, -0.2) is 61.5 Å². The fourth-order valence-corrected chi connectivity index (χ4v) is 7.19. The standard InChI is InChI=1S/C25H22N6O2.C19H21N5O2.C6H5NO2.CH4/c1-4-17-13-22-16(14-27-17)11-20(24(32)31(22)3)19-12-18(9-8-15(19)2)28-25-29-23(33-30-25)21-7-5-6-10-26-21;1-4-13-9-17-12(10-21-13)7-16(18(25)24(17)3)15-8-14(6-5-11(15)2)22-19(20)23-26;8-6(9)5-3-1-2-4-7-5;/h5-14H,4H2,1-3H3,(H,28,30);5-10,26H,4H2,1-3H3,(H3,20,22,23);1-4H,(H,8,9);1H4. The Labute approximate surface area is 396 Å². The van der Waals surface area contributed by atoms with Crippen LogP contribution < -0.4 is 27.6 Å². The van der Waals surface area contributed by atoms with Gasteiger partial charge in [-0.1, -0.05) is 45.5 Å². The first kappa shape index (κ1) is 49.5. The van der Waals surface area contributed by atoms with Crippen molar-refractivity contribution in [3.63, 3.8) is 0 Å². The maximum Gasteiger partial charge on any atom is 0.354 e. The van der Waals surface area contributed by atoms with Crippen molar-refractivity contribution in [1.82, 2.24) is 44.7 Å². The summed E-state index contributed by atoms with van der Waals surface area (Å²) in [6, 6.07) is 29.1. The molecule has 0 unspecified atom stereocenters. The number of aryl methyl sites for hydroxylation is 6. The molecule has 0 aliphatic rings. The van der Waals surface area contributed by atoms with Crippen LogP contribution in [0.5, 0.6) is 0 Å². The van der Waals surface area contributed by atoms with Crippen LogP contribution in [0, 0.1) is 13.8 Å². The van der Waals surface area contributed by atoms with E-state index in [1.807, 2.05) is 94.6 Å². The van der Waals surface area contributed by atoms with Crippen molar-refractivity contribution in [2.75, 3.05) is 5.32 Å². The maximum absolute atomic E-state index is 13.2. The quantitative estimate of drug-likeness (QED) is 0.0517. The van der Waals surface area contributed by atoms with E-state index in [9.17, 15) is 14.4 Å². The molecular weight excluding hydrogens is 877 g/mol. The lowest BCUT2D eigenvalue weighted by Crippen LogP contribution is -2.27. The minimum Gasteiger partial charge on any atom is -0.477 e. The molecule has 2 aromatic carbocycles. The number of nitrogens with one attached hydrogen (secondary N) is 2. The highest BCUT2D eigenvalue weighted by atomic mass is 16.5. The molecule has 0 saturated carbocycles. The Balaban J connectivity index is 0.000000193. The van der Waals surface area contributed by atoms with Gasteiger partial charge in [0.25, 0.3) is 23.0 Å². The zero-order chi connectivity index (χ0) is 48.5. The largest absolute Gasteiger partial charge is 0.477 e. The van der Waals surface area contributed by atoms with E-state index < -0.39 is 5.97 Å². The van der Waals surface area contributed by atoms with Crippen LogP contribution in [0.4, 0.5) is 17.3 Å². The number of hydroxylamine groups is 1. The average Bonchev–Trinajstić information content (AvgIpc) is 3.84. The lowest BCUT2D eigenvalue weighted by Gasteiger charge is -2.13. The predicted octanol–water partition coefficient (Wildman–Crippen LogP) is 8.47. The number of guanidine groups is 1. The average molecular weight is 929 g/mol. The third-order valence-electron chi connectivity index (χ3n) is 10.9. The van der Waals surface area contributed by atoms with E-state index in [4.69, 9.17) is 20.6 Å². The number of aromatic carboxylic acids is 1. The second-order valence-electron chi connectivity index (χ2n) is 15.4. The van der Waals surface area contributed by atoms with E-state index in [1.165, 1.54) is 12.3 Å². The van der Waals surface area contributed by atoms with Crippen molar-refractivity contribution >= 4 is 51.1 Å². The number of hydrogen-bond acceptors (Lipinski definition) is 13. The van der Waals surface area contributed by atoms with Gasteiger partial charge in [-0.3, -0.25) is 29.7 Å². The van der Waals surface area contributed by atoms with Crippen molar-refractivity contribution in [1.29, 1.82) is 0 Å². The Bertz CT molecular complexity index is 3430. The Morgan fingerprint density at radius 1 is 0.725 bits per heavy atom. The minimum atomic E-state index is -0.990. The summed E-state index contributed by atoms with van der Waals surface area (Å²) in [5.41, 5.74) is 17.4. The third kappa shape index (κ3) is 11.4. The van der Waals surface area contributed by atoms with E-state index in [2.05, 4.69) is 40.4 Å². The lowest BCUT2D eigenvalue weighted by atomic mass is 9.99. The molecule has 352 valence electrons. The van der Waals surface area contributed by atoms with Gasteiger partial charge in [0.2, 0.25) is 5.96 Å². The van der Waals surface area contributed by atoms with Gasteiger partial charge < -0.3 is 29.8 Å². The number of fused-ring (bicyclic) bond motifs is 2. The van der Waals surface area contributed by atoms with Crippen LogP contribution >= 0.6 is 0 Å². The Morgan fingerprint density at radius 3 is 1.80 bits per heavy atom. The van der Waals surface area contributed by atoms with Crippen molar-refractivity contribution in [3.05, 3.63) is 171 Å². The molecule has 0 bridgehead atoms. The number of carbonyl (C=O) groups is 1. The highest BCUT2D eigenvalue weighted by Gasteiger charge is 2.16. The number of carboxylic acid groups (broad SMARTS) is 1. The smallest absolute Gasteiger partial charge is 0.354 e. The molecule has 0 atom stereocenters. The number of nitrogens with two attached hydrogens (primary N) is 1. The SMILES string of the molecule is C.CCc1cc2c(cn1)cc(-c1cc(N=C(N)NO)ccc1C)c(=O)n2C.CCc1cc2c(cn1)cc(-c1cc(Nc3noc(-c4ccccn4)n3)ccc1C)c(=O)n2C.O=C(O)c1ccccn1. The molecule has 9 rings (SSSR count). The highest BCUT2D eigenvalue weighted by Crippen LogP contribution is 2.30. The molecule has 18 nitrogen and oxygen atoms in total. The summed E-state index contributed by atoms with van der Waals surface area (Å²) in [7, 11) is 3.56. The van der Waals surface area contributed by atoms with Crippen LogP contribution in [0.2, 0.25) is 0 Å². The van der Waals surface area contributed by atoms with E-state index in [0.29, 0.717) is 34.3 Å². The number of nitrogens with zero attached hydrogens (tertiary/aromatic N) is 9. The first-order valence-corrected chi connectivity index (χ1v) is 21.4. The molecule has 0 fully saturated rings. The van der Waals surface area contributed by atoms with Crippen molar-refractivity contribution in [3.8, 4) is 33.8 Å². The summed E-state index contributed by atoms with van der Waals surface area (Å²) in [5, 5.41) is 26.1. The Hall–Kier alpha value is -8.90. The molecule has 0 saturated heterocycles. The second kappa shape index (κ2) is 22.1. The Morgan fingerprint density at radius 2 is 1.29 bits per heavy atom. The second-order valence-corrected chi connectivity index (χ2v) is 15.4. The summed E-state index contributed by atoms with van der Waals surface area (Å²) in [6.45, 7) is 7.99. The van der Waals surface area contributed by atoms with Crippen LogP contribution in [0.3, 0.4) is 0 Å². The van der Waals surface area contributed by atoms with Gasteiger partial charge in [0.05, 0.1) is 16.7 Å². The third-order valence-corrected chi connectivity index (χ3v) is 10.9. The lowest BCUT2D eigenvalue weighted by molar-refractivity contribution is 0.0690. The summed E-state index contributed by atoms with van der Waals surface area (Å²) < 4.78 is 8.64. The van der Waals surface area contributed by atoms with Gasteiger partial charge in [0, 0.05) is 77.9 Å². The van der Waals surface area contributed by atoms with Crippen molar-refractivity contribution in [2.24, 2.45) is 24.8 Å².